The van der Waals surface area contributed by atoms with E-state index in [2.05, 4.69) is 0 Å². The second-order valence-corrected chi connectivity index (χ2v) is 8.12. The Kier molecular flexibility index (Phi) is 8.60. The molecular formula is C21H36O4. The molecule has 3 N–H and O–H groups in total. The van der Waals surface area contributed by atoms with Gasteiger partial charge in [-0.25, -0.2) is 0 Å². The zero-order chi connectivity index (χ0) is 18.1. The van der Waals surface area contributed by atoms with Gasteiger partial charge < -0.3 is 15.3 Å². The zero-order valence-electron chi connectivity index (χ0n) is 15.5. The van der Waals surface area contributed by atoms with E-state index in [9.17, 15) is 15.0 Å². The van der Waals surface area contributed by atoms with Gasteiger partial charge in [-0.05, 0) is 32.1 Å². The van der Waals surface area contributed by atoms with Crippen LogP contribution in [0.15, 0.2) is 12.2 Å². The van der Waals surface area contributed by atoms with Crippen molar-refractivity contribution in [3.63, 3.8) is 0 Å². The van der Waals surface area contributed by atoms with E-state index in [1.807, 2.05) is 12.2 Å². The summed E-state index contributed by atoms with van der Waals surface area (Å²) in [7, 11) is 0. The Labute approximate surface area is 152 Å². The molecule has 4 heteroatoms. The molecule has 0 bridgehead atoms. The number of hydrogen-bond donors (Lipinski definition) is 3. The molecule has 2 saturated carbocycles. The van der Waals surface area contributed by atoms with Crippen molar-refractivity contribution in [2.24, 2.45) is 11.8 Å². The van der Waals surface area contributed by atoms with Crippen molar-refractivity contribution in [1.29, 1.82) is 0 Å². The normalized spacial score (nSPS) is 29.6. The van der Waals surface area contributed by atoms with Crippen molar-refractivity contribution in [2.45, 2.75) is 95.2 Å². The zero-order valence-corrected chi connectivity index (χ0v) is 15.5. The van der Waals surface area contributed by atoms with Crippen LogP contribution in [0.2, 0.25) is 0 Å². The van der Waals surface area contributed by atoms with E-state index in [0.717, 1.165) is 64.2 Å². The summed E-state index contributed by atoms with van der Waals surface area (Å²) < 4.78 is 0. The maximum Gasteiger partial charge on any atom is 0.139 e. The number of unbranched alkanes of at least 4 members (excludes halogenated alkanes) is 4. The third-order valence-corrected chi connectivity index (χ3v) is 6.05. The van der Waals surface area contributed by atoms with Gasteiger partial charge in [0.2, 0.25) is 0 Å². The molecule has 2 aliphatic rings. The van der Waals surface area contributed by atoms with Crippen molar-refractivity contribution >= 4 is 5.78 Å². The Morgan fingerprint density at radius 2 is 1.72 bits per heavy atom. The number of aliphatic hydroxyl groups excluding tert-OH is 2. The van der Waals surface area contributed by atoms with Gasteiger partial charge in [0.15, 0.2) is 0 Å². The summed E-state index contributed by atoms with van der Waals surface area (Å²) in [6.45, 7) is 0.256. The van der Waals surface area contributed by atoms with Gasteiger partial charge >= 0.3 is 0 Å². The van der Waals surface area contributed by atoms with Crippen LogP contribution in [0.5, 0.6) is 0 Å². The topological polar surface area (TPSA) is 77.8 Å². The molecule has 0 heterocycles. The first-order chi connectivity index (χ1) is 12.1. The summed E-state index contributed by atoms with van der Waals surface area (Å²) >= 11 is 0. The number of aliphatic hydroxyl groups is 3. The molecule has 0 amide bonds. The highest BCUT2D eigenvalue weighted by molar-refractivity contribution is 5.84. The molecule has 2 aliphatic carbocycles. The molecule has 0 unspecified atom stereocenters. The summed E-state index contributed by atoms with van der Waals surface area (Å²) in [6, 6.07) is 0. The van der Waals surface area contributed by atoms with Crippen LogP contribution in [0.3, 0.4) is 0 Å². The lowest BCUT2D eigenvalue weighted by molar-refractivity contribution is -0.121. The minimum Gasteiger partial charge on any atom is -0.396 e. The number of carbonyl (C=O) groups excluding carboxylic acids is 1. The fraction of sp³-hybridized carbons (Fsp3) is 0.857. The summed E-state index contributed by atoms with van der Waals surface area (Å²) in [5, 5.41) is 29.6. The number of Topliss-reactive ketones (excluding diaryl/α,β-unsaturated/α-hetero) is 1. The van der Waals surface area contributed by atoms with Crippen LogP contribution in [0.25, 0.3) is 0 Å². The molecular weight excluding hydrogens is 316 g/mol. The van der Waals surface area contributed by atoms with Crippen LogP contribution >= 0.6 is 0 Å². The average molecular weight is 353 g/mol. The molecule has 0 spiro atoms. The fourth-order valence-corrected chi connectivity index (χ4v) is 4.46. The lowest BCUT2D eigenvalue weighted by Crippen LogP contribution is -2.30. The molecule has 2 rings (SSSR count). The van der Waals surface area contributed by atoms with E-state index in [1.165, 1.54) is 6.42 Å². The average Bonchev–Trinajstić information content (AvgIpc) is 2.85. The van der Waals surface area contributed by atoms with Crippen molar-refractivity contribution in [3.05, 3.63) is 12.2 Å². The highest BCUT2D eigenvalue weighted by atomic mass is 16.3. The quantitative estimate of drug-likeness (QED) is 0.415. The Bertz CT molecular complexity index is 426. The second-order valence-electron chi connectivity index (χ2n) is 8.12. The molecule has 0 aromatic rings. The van der Waals surface area contributed by atoms with E-state index < -0.39 is 11.7 Å². The first-order valence-corrected chi connectivity index (χ1v) is 10.3. The lowest BCUT2D eigenvalue weighted by atomic mass is 9.81. The van der Waals surface area contributed by atoms with Gasteiger partial charge in [-0.1, -0.05) is 57.1 Å². The van der Waals surface area contributed by atoms with Gasteiger partial charge in [-0.2, -0.15) is 0 Å². The van der Waals surface area contributed by atoms with E-state index in [4.69, 9.17) is 5.11 Å². The number of hydrogen-bond acceptors (Lipinski definition) is 4. The van der Waals surface area contributed by atoms with E-state index in [1.54, 1.807) is 0 Å². The molecule has 0 saturated heterocycles. The molecule has 0 aromatic carbocycles. The van der Waals surface area contributed by atoms with Gasteiger partial charge in [0, 0.05) is 24.9 Å². The van der Waals surface area contributed by atoms with Crippen molar-refractivity contribution < 1.29 is 20.1 Å². The van der Waals surface area contributed by atoms with Gasteiger partial charge in [0.1, 0.15) is 5.78 Å². The van der Waals surface area contributed by atoms with E-state index in [0.29, 0.717) is 6.42 Å². The van der Waals surface area contributed by atoms with Crippen molar-refractivity contribution in [3.8, 4) is 0 Å². The molecule has 144 valence electrons. The largest absolute Gasteiger partial charge is 0.396 e. The summed E-state index contributed by atoms with van der Waals surface area (Å²) in [4.78, 5) is 12.2. The number of ketones is 1. The lowest BCUT2D eigenvalue weighted by Gasteiger charge is -2.31. The first-order valence-electron chi connectivity index (χ1n) is 10.3. The Balaban J connectivity index is 1.79. The second kappa shape index (κ2) is 10.4. The number of carbonyl (C=O) groups is 1. The maximum atomic E-state index is 12.2. The van der Waals surface area contributed by atoms with Crippen molar-refractivity contribution in [2.75, 3.05) is 6.61 Å². The smallest absolute Gasteiger partial charge is 0.139 e. The Morgan fingerprint density at radius 1 is 1.04 bits per heavy atom. The van der Waals surface area contributed by atoms with Crippen LogP contribution in [-0.4, -0.2) is 39.4 Å². The third-order valence-electron chi connectivity index (χ3n) is 6.05. The van der Waals surface area contributed by atoms with E-state index in [-0.39, 0.29) is 30.6 Å². The molecule has 2 fully saturated rings. The van der Waals surface area contributed by atoms with E-state index >= 15 is 0 Å². The fourth-order valence-electron chi connectivity index (χ4n) is 4.46. The minimum absolute atomic E-state index is 0.0647. The summed E-state index contributed by atoms with van der Waals surface area (Å²) in [6.07, 6.45) is 15.4. The van der Waals surface area contributed by atoms with Crippen molar-refractivity contribution in [1.82, 2.24) is 0 Å². The van der Waals surface area contributed by atoms with Crippen LogP contribution in [0.4, 0.5) is 0 Å². The number of rotatable bonds is 10. The third kappa shape index (κ3) is 6.50. The van der Waals surface area contributed by atoms with Gasteiger partial charge in [0.05, 0.1) is 11.7 Å². The Hall–Kier alpha value is -0.710. The minimum atomic E-state index is -0.579. The molecule has 0 aliphatic heterocycles. The van der Waals surface area contributed by atoms with Crippen LogP contribution in [-0.2, 0) is 4.79 Å². The van der Waals surface area contributed by atoms with Gasteiger partial charge in [-0.15, -0.1) is 0 Å². The molecule has 0 aromatic heterocycles. The molecule has 3 atom stereocenters. The highest BCUT2D eigenvalue weighted by Gasteiger charge is 2.39. The monoisotopic (exact) mass is 352 g/mol. The van der Waals surface area contributed by atoms with Gasteiger partial charge in [0.25, 0.3) is 0 Å². The SMILES string of the molecule is O=C1C[C@@H](O)[C@H](C=CCC2(O)CCCCC2)[C@H]1CCCCCCCO. The van der Waals surface area contributed by atoms with Gasteiger partial charge in [-0.3, -0.25) is 4.79 Å². The predicted octanol–water partition coefficient (Wildman–Crippen LogP) is 3.53. The molecule has 4 nitrogen and oxygen atoms in total. The van der Waals surface area contributed by atoms with Crippen LogP contribution in [0, 0.1) is 11.8 Å². The summed E-state index contributed by atoms with van der Waals surface area (Å²) in [5.41, 5.74) is -0.579. The standard InChI is InChI=1S/C21H36O4/c22-15-8-3-1-2-5-10-17-18(20(24)16-19(17)23)11-9-14-21(25)12-6-4-7-13-21/h9,11,17-18,20,22,24-25H,1-8,10,12-16H2/t17-,18-,20-/m1/s1. The molecule has 25 heavy (non-hydrogen) atoms. The predicted molar refractivity (Wildman–Crippen MR) is 99.2 cm³/mol. The molecule has 0 radical (unpaired) electrons. The maximum absolute atomic E-state index is 12.2. The Morgan fingerprint density at radius 3 is 2.44 bits per heavy atom. The van der Waals surface area contributed by atoms with Crippen LogP contribution in [0.1, 0.15) is 83.5 Å². The first kappa shape index (κ1) is 20.6. The van der Waals surface area contributed by atoms with Crippen LogP contribution < -0.4 is 0 Å². The summed E-state index contributed by atoms with van der Waals surface area (Å²) in [5.74, 6) is 0.0381. The highest BCUT2D eigenvalue weighted by Crippen LogP contribution is 2.36.